The largest absolute Gasteiger partial charge is 0.473 e. The minimum atomic E-state index is -5.13. The number of amides is 3. The number of hydrogen-bond acceptors (Lipinski definition) is 5. The average Bonchev–Trinajstić information content (AvgIpc) is 3.28. The van der Waals surface area contributed by atoms with Crippen molar-refractivity contribution in [1.29, 1.82) is 0 Å². The Labute approximate surface area is 184 Å². The average molecular weight is 468 g/mol. The van der Waals surface area contributed by atoms with Gasteiger partial charge >= 0.3 is 12.1 Å². The van der Waals surface area contributed by atoms with Gasteiger partial charge in [0.05, 0.1) is 24.1 Å². The van der Waals surface area contributed by atoms with E-state index in [0.717, 1.165) is 11.3 Å². The van der Waals surface area contributed by atoms with Gasteiger partial charge in [0, 0.05) is 29.6 Å². The smallest absolute Gasteiger partial charge is 0.383 e. The van der Waals surface area contributed by atoms with Gasteiger partial charge in [-0.25, -0.2) is 0 Å². The second-order valence-electron chi connectivity index (χ2n) is 6.80. The van der Waals surface area contributed by atoms with Crippen LogP contribution in [0.4, 0.5) is 13.2 Å². The third kappa shape index (κ3) is 5.71. The van der Waals surface area contributed by atoms with E-state index in [-0.39, 0.29) is 29.5 Å². The zero-order valence-electron chi connectivity index (χ0n) is 16.6. The molecule has 1 fully saturated rings. The molecule has 1 atom stereocenters. The lowest BCUT2D eigenvalue weighted by atomic mass is 10.1. The van der Waals surface area contributed by atoms with Gasteiger partial charge in [-0.1, -0.05) is 18.2 Å². The molecule has 32 heavy (non-hydrogen) atoms. The van der Waals surface area contributed by atoms with Crippen LogP contribution in [0.5, 0.6) is 0 Å². The number of halogens is 3. The van der Waals surface area contributed by atoms with Gasteiger partial charge in [0.15, 0.2) is 0 Å². The molecule has 0 bridgehead atoms. The Morgan fingerprint density at radius 1 is 1.22 bits per heavy atom. The van der Waals surface area contributed by atoms with Crippen LogP contribution in [0, 0.1) is 0 Å². The van der Waals surface area contributed by atoms with E-state index < -0.39 is 29.9 Å². The number of rotatable bonds is 5. The van der Waals surface area contributed by atoms with Crippen LogP contribution in [-0.2, 0) is 9.53 Å². The van der Waals surface area contributed by atoms with Crippen molar-refractivity contribution in [2.24, 2.45) is 10.7 Å². The Balaban J connectivity index is 1.63. The highest BCUT2D eigenvalue weighted by Crippen LogP contribution is 2.19. The number of aliphatic imine (C=N–C) groups is 1. The summed E-state index contributed by atoms with van der Waals surface area (Å²) in [6.07, 6.45) is -5.13. The Bertz CT molecular complexity index is 1020. The monoisotopic (exact) mass is 468 g/mol. The van der Waals surface area contributed by atoms with Crippen LogP contribution in [0.3, 0.4) is 0 Å². The summed E-state index contributed by atoms with van der Waals surface area (Å²) < 4.78 is 42.4. The van der Waals surface area contributed by atoms with Gasteiger partial charge in [-0.2, -0.15) is 18.2 Å². The Hall–Kier alpha value is -3.25. The molecular weight excluding hydrogens is 449 g/mol. The lowest BCUT2D eigenvalue weighted by molar-refractivity contribution is -0.169. The Kier molecular flexibility index (Phi) is 7.26. The number of nitrogens with zero attached hydrogens (tertiary/aromatic N) is 2. The number of benzene rings is 1. The molecule has 0 spiro atoms. The Morgan fingerprint density at radius 3 is 2.62 bits per heavy atom. The molecule has 8 nitrogen and oxygen atoms in total. The second-order valence-corrected chi connectivity index (χ2v) is 7.71. The molecule has 0 saturated carbocycles. The molecule has 1 aliphatic heterocycles. The van der Waals surface area contributed by atoms with E-state index in [1.54, 1.807) is 35.2 Å². The maximum absolute atomic E-state index is 12.8. The molecule has 1 aromatic heterocycles. The third-order valence-electron chi connectivity index (χ3n) is 4.59. The van der Waals surface area contributed by atoms with Crippen LogP contribution in [0.1, 0.15) is 25.6 Å². The summed E-state index contributed by atoms with van der Waals surface area (Å²) in [6.45, 7) is 1.11. The fraction of sp³-hybridized carbons (Fsp3) is 0.300. The fourth-order valence-electron chi connectivity index (χ4n) is 2.96. The maximum atomic E-state index is 12.8. The van der Waals surface area contributed by atoms with E-state index in [0.29, 0.717) is 18.7 Å². The minimum absolute atomic E-state index is 0.0274. The van der Waals surface area contributed by atoms with E-state index in [4.69, 9.17) is 10.5 Å². The number of nitrogens with one attached hydrogen (secondary N) is 1. The van der Waals surface area contributed by atoms with Gasteiger partial charge in [-0.05, 0) is 18.2 Å². The predicted octanol–water partition coefficient (Wildman–Crippen LogP) is 1.81. The molecule has 0 aliphatic carbocycles. The molecule has 3 N–H and O–H groups in total. The van der Waals surface area contributed by atoms with Crippen molar-refractivity contribution in [2.45, 2.75) is 12.2 Å². The third-order valence-corrected chi connectivity index (χ3v) is 5.52. The SMILES string of the molecule is NC(=NC(=O)C(F)(F)F)c1csc(C(=O)NCC2COCCN2C(=O)c2ccccc2)c1. The zero-order chi connectivity index (χ0) is 23.3. The minimum Gasteiger partial charge on any atom is -0.383 e. The molecule has 2 aromatic rings. The quantitative estimate of drug-likeness (QED) is 0.513. The van der Waals surface area contributed by atoms with Gasteiger partial charge < -0.3 is 20.7 Å². The summed E-state index contributed by atoms with van der Waals surface area (Å²) >= 11 is 0.934. The summed E-state index contributed by atoms with van der Waals surface area (Å²) in [5.41, 5.74) is 6.00. The highest BCUT2D eigenvalue weighted by atomic mass is 32.1. The lowest BCUT2D eigenvalue weighted by Crippen LogP contribution is -2.53. The van der Waals surface area contributed by atoms with Crippen molar-refractivity contribution in [3.05, 3.63) is 57.8 Å². The van der Waals surface area contributed by atoms with Crippen molar-refractivity contribution in [2.75, 3.05) is 26.3 Å². The van der Waals surface area contributed by atoms with Gasteiger partial charge in [-0.3, -0.25) is 14.4 Å². The summed E-state index contributed by atoms with van der Waals surface area (Å²) in [5, 5.41) is 4.02. The van der Waals surface area contributed by atoms with E-state index in [2.05, 4.69) is 10.3 Å². The van der Waals surface area contributed by atoms with Crippen molar-refractivity contribution in [3.63, 3.8) is 0 Å². The number of amidine groups is 1. The van der Waals surface area contributed by atoms with Gasteiger partial charge in [0.1, 0.15) is 5.84 Å². The summed E-state index contributed by atoms with van der Waals surface area (Å²) in [5.74, 6) is -3.64. The molecule has 1 aliphatic rings. The summed E-state index contributed by atoms with van der Waals surface area (Å²) in [6, 6.07) is 9.58. The first kappa shape index (κ1) is 23.4. The van der Waals surface area contributed by atoms with Crippen molar-refractivity contribution in [1.82, 2.24) is 10.2 Å². The molecule has 2 heterocycles. The van der Waals surface area contributed by atoms with Crippen molar-refractivity contribution >= 4 is 34.9 Å². The molecule has 1 unspecified atom stereocenters. The Morgan fingerprint density at radius 2 is 1.94 bits per heavy atom. The molecule has 1 saturated heterocycles. The number of thiophene rings is 1. The first-order chi connectivity index (χ1) is 15.2. The van der Waals surface area contributed by atoms with Crippen molar-refractivity contribution in [3.8, 4) is 0 Å². The number of hydrogen-bond donors (Lipinski definition) is 2. The van der Waals surface area contributed by atoms with Crippen LogP contribution in [0.25, 0.3) is 0 Å². The van der Waals surface area contributed by atoms with Crippen molar-refractivity contribution < 1.29 is 32.3 Å². The molecular formula is C20H19F3N4O4S. The summed E-state index contributed by atoms with van der Waals surface area (Å²) in [4.78, 5) is 40.8. The van der Waals surface area contributed by atoms with Crippen LogP contribution < -0.4 is 11.1 Å². The molecule has 3 amide bonds. The number of nitrogens with two attached hydrogens (primary N) is 1. The van der Waals surface area contributed by atoms with Crippen LogP contribution >= 0.6 is 11.3 Å². The predicted molar refractivity (Wildman–Crippen MR) is 111 cm³/mol. The van der Waals surface area contributed by atoms with Crippen LogP contribution in [0.2, 0.25) is 0 Å². The number of morpholine rings is 1. The molecule has 1 aromatic carbocycles. The van der Waals surface area contributed by atoms with Gasteiger partial charge in [0.2, 0.25) is 0 Å². The van der Waals surface area contributed by atoms with Gasteiger partial charge in [-0.15, -0.1) is 11.3 Å². The molecule has 0 radical (unpaired) electrons. The standard InChI is InChI=1S/C20H19F3N4O4S/c21-20(22,23)19(30)26-16(24)13-8-15(32-11-13)17(28)25-9-14-10-31-7-6-27(14)18(29)12-4-2-1-3-5-12/h1-5,8,11,14H,6-7,9-10H2,(H,25,28)(H2,24,26,30). The fourth-order valence-corrected chi connectivity index (χ4v) is 3.78. The first-order valence-corrected chi connectivity index (χ1v) is 10.3. The first-order valence-electron chi connectivity index (χ1n) is 9.43. The van der Waals surface area contributed by atoms with E-state index in [9.17, 15) is 27.6 Å². The number of ether oxygens (including phenoxy) is 1. The number of carbonyl (C=O) groups is 3. The highest BCUT2D eigenvalue weighted by molar-refractivity contribution is 7.12. The molecule has 3 rings (SSSR count). The van der Waals surface area contributed by atoms with E-state index >= 15 is 0 Å². The number of carbonyl (C=O) groups excluding carboxylic acids is 3. The number of alkyl halides is 3. The topological polar surface area (TPSA) is 114 Å². The summed E-state index contributed by atoms with van der Waals surface area (Å²) in [7, 11) is 0. The van der Waals surface area contributed by atoms with Gasteiger partial charge in [0.25, 0.3) is 11.8 Å². The zero-order valence-corrected chi connectivity index (χ0v) is 17.4. The molecule has 170 valence electrons. The molecule has 12 heteroatoms. The maximum Gasteiger partial charge on any atom is 0.473 e. The normalized spacial score (nSPS) is 17.2. The highest BCUT2D eigenvalue weighted by Gasteiger charge is 2.39. The van der Waals surface area contributed by atoms with E-state index in [1.807, 2.05) is 0 Å². The van der Waals surface area contributed by atoms with E-state index in [1.165, 1.54) is 11.4 Å². The van der Waals surface area contributed by atoms with Crippen LogP contribution in [0.15, 0.2) is 46.8 Å². The van der Waals surface area contributed by atoms with Crippen LogP contribution in [-0.4, -0.2) is 67.0 Å². The lowest BCUT2D eigenvalue weighted by Gasteiger charge is -2.35. The second kappa shape index (κ2) is 9.92.